The molecule has 2 aromatic heterocycles. The monoisotopic (exact) mass is 225 g/mol. The molecule has 55 valence electrons. The zero-order valence-electron chi connectivity index (χ0n) is 5.97. The zero-order valence-corrected chi connectivity index (χ0v) is 8.81. The second-order valence-corrected chi connectivity index (χ2v) is 2.17. The van der Waals surface area contributed by atoms with Crippen molar-refractivity contribution >= 4 is 11.0 Å². The van der Waals surface area contributed by atoms with Crippen LogP contribution in [-0.2, 0) is 32.7 Å². The minimum atomic E-state index is 0. The van der Waals surface area contributed by atoms with E-state index in [2.05, 4.69) is 21.4 Å². The molecular weight excluding hydrogens is 219 g/mol. The second-order valence-electron chi connectivity index (χ2n) is 2.17. The Morgan fingerprint density at radius 2 is 2.27 bits per heavy atom. The van der Waals surface area contributed by atoms with Gasteiger partial charge in [-0.25, -0.2) is 0 Å². The summed E-state index contributed by atoms with van der Waals surface area (Å²) in [5, 5.41) is 15.5. The van der Waals surface area contributed by atoms with Crippen LogP contribution >= 0.6 is 0 Å². The number of H-pyrrole nitrogens is 2. The van der Waals surface area contributed by atoms with Crippen molar-refractivity contribution in [3.63, 3.8) is 0 Å². The van der Waals surface area contributed by atoms with E-state index in [1.165, 1.54) is 0 Å². The quantitative estimate of drug-likeness (QED) is 0.578. The third-order valence-corrected chi connectivity index (χ3v) is 1.54. The topological polar surface area (TPSA) is 64.7 Å². The van der Waals surface area contributed by atoms with Crippen molar-refractivity contribution < 1.29 is 37.8 Å². The maximum Gasteiger partial charge on any atom is 0.172 e. The van der Waals surface area contributed by atoms with Gasteiger partial charge in [-0.3, -0.25) is 5.10 Å². The third kappa shape index (κ3) is 1.21. The van der Waals surface area contributed by atoms with Gasteiger partial charge in [0.05, 0.1) is 0 Å². The number of hydrogen-bond donors (Lipinski definition) is 3. The summed E-state index contributed by atoms with van der Waals surface area (Å²) < 4.78 is 0. The van der Waals surface area contributed by atoms with Gasteiger partial charge in [-0.05, 0) is 18.0 Å². The number of aromatic nitrogens is 3. The summed E-state index contributed by atoms with van der Waals surface area (Å²) >= 11 is 0. The number of fused-ring (bicyclic) bond motifs is 1. The Morgan fingerprint density at radius 3 is 2.91 bits per heavy atom. The van der Waals surface area contributed by atoms with Crippen molar-refractivity contribution in [3.05, 3.63) is 11.8 Å². The van der Waals surface area contributed by atoms with Gasteiger partial charge in [0, 0.05) is 32.7 Å². The zero-order chi connectivity index (χ0) is 7.14. The molecule has 3 N–H and O–H groups in total. The molecule has 11 heavy (non-hydrogen) atoms. The maximum absolute atomic E-state index is 9.10. The Kier molecular flexibility index (Phi) is 2.35. The Labute approximate surface area is 88.3 Å². The normalized spacial score (nSPS) is 9.91. The van der Waals surface area contributed by atoms with Crippen LogP contribution in [0.4, 0.5) is 0 Å². The fraction of sp³-hybridized carbons (Fsp3) is 0.167. The van der Waals surface area contributed by atoms with Crippen molar-refractivity contribution in [2.75, 3.05) is 0 Å². The third-order valence-electron chi connectivity index (χ3n) is 1.54. The molecule has 0 saturated carbocycles. The van der Waals surface area contributed by atoms with Crippen molar-refractivity contribution in [3.8, 4) is 5.88 Å². The minimum Gasteiger partial charge on any atom is -0.495 e. The van der Waals surface area contributed by atoms with Gasteiger partial charge in [-0.1, -0.05) is 5.52 Å². The molecule has 2 aromatic rings. The van der Waals surface area contributed by atoms with E-state index in [9.17, 15) is 0 Å². The molecule has 1 radical (unpaired) electrons. The standard InChI is InChI=1S/C6H6N3O.Y/c1-3-5-4(2-7-9-5)8-6(3)10;/h8,10H,1H3,(H,7,9);/q-1;. The van der Waals surface area contributed by atoms with Crippen LogP contribution in [0, 0.1) is 13.1 Å². The number of aryl methyl sites for hydroxylation is 1. The molecule has 0 unspecified atom stereocenters. The van der Waals surface area contributed by atoms with Gasteiger partial charge in [-0.2, -0.15) is 0 Å². The first-order valence-corrected chi connectivity index (χ1v) is 2.92. The van der Waals surface area contributed by atoms with E-state index in [1.807, 2.05) is 0 Å². The molecule has 5 heteroatoms. The summed E-state index contributed by atoms with van der Waals surface area (Å²) in [6, 6.07) is 0. The van der Waals surface area contributed by atoms with Crippen LogP contribution in [-0.4, -0.2) is 20.3 Å². The summed E-state index contributed by atoms with van der Waals surface area (Å²) in [4.78, 5) is 2.71. The minimum absolute atomic E-state index is 0. The van der Waals surface area contributed by atoms with E-state index >= 15 is 0 Å². The average molecular weight is 225 g/mol. The maximum atomic E-state index is 9.10. The summed E-state index contributed by atoms with van der Waals surface area (Å²) in [7, 11) is 0. The fourth-order valence-electron chi connectivity index (χ4n) is 0.941. The Hall–Kier alpha value is -0.346. The summed E-state index contributed by atoms with van der Waals surface area (Å²) in [5.74, 6) is 0.169. The molecule has 4 nitrogen and oxygen atoms in total. The fourth-order valence-corrected chi connectivity index (χ4v) is 0.941. The number of nitrogens with zero attached hydrogens (tertiary/aromatic N) is 1. The van der Waals surface area contributed by atoms with E-state index in [0.29, 0.717) is 0 Å². The largest absolute Gasteiger partial charge is 0.495 e. The number of aromatic amines is 2. The SMILES string of the molecule is Cc1c(O)[nH]c2[c-][nH]nc12.[Y]. The number of nitrogens with one attached hydrogen (secondary N) is 2. The smallest absolute Gasteiger partial charge is 0.172 e. The predicted octanol–water partition coefficient (Wildman–Crippen LogP) is 0.703. The van der Waals surface area contributed by atoms with Crippen molar-refractivity contribution in [2.24, 2.45) is 0 Å². The molecule has 2 rings (SSSR count). The van der Waals surface area contributed by atoms with Crippen LogP contribution in [0.5, 0.6) is 5.88 Å². The van der Waals surface area contributed by atoms with Gasteiger partial charge >= 0.3 is 0 Å². The molecule has 0 bridgehead atoms. The van der Waals surface area contributed by atoms with E-state index in [0.717, 1.165) is 16.6 Å². The molecular formula is C6H6N3OY-. The van der Waals surface area contributed by atoms with E-state index < -0.39 is 0 Å². The van der Waals surface area contributed by atoms with Crippen molar-refractivity contribution in [2.45, 2.75) is 6.92 Å². The van der Waals surface area contributed by atoms with Crippen LogP contribution < -0.4 is 0 Å². The van der Waals surface area contributed by atoms with Gasteiger partial charge in [0.15, 0.2) is 5.88 Å². The Morgan fingerprint density at radius 1 is 1.55 bits per heavy atom. The van der Waals surface area contributed by atoms with E-state index in [-0.39, 0.29) is 38.6 Å². The van der Waals surface area contributed by atoms with Crippen LogP contribution in [0.15, 0.2) is 0 Å². The second kappa shape index (κ2) is 2.95. The molecule has 0 saturated heterocycles. The average Bonchev–Trinajstić information content (AvgIpc) is 2.41. The molecule has 0 aliphatic heterocycles. The Bertz CT molecular complexity index is 365. The van der Waals surface area contributed by atoms with Crippen LogP contribution in [0.2, 0.25) is 0 Å². The Balaban J connectivity index is 0.000000605. The van der Waals surface area contributed by atoms with Crippen LogP contribution in [0.25, 0.3) is 11.0 Å². The first-order valence-electron chi connectivity index (χ1n) is 2.92. The van der Waals surface area contributed by atoms with Gasteiger partial charge < -0.3 is 15.2 Å². The van der Waals surface area contributed by atoms with Crippen molar-refractivity contribution in [1.29, 1.82) is 0 Å². The number of hydrogen-bond acceptors (Lipinski definition) is 2. The van der Waals surface area contributed by atoms with Gasteiger partial charge in [0.25, 0.3) is 0 Å². The molecule has 0 aliphatic carbocycles. The summed E-state index contributed by atoms with van der Waals surface area (Å²) in [6.07, 6.45) is 2.73. The molecule has 0 fully saturated rings. The number of rotatable bonds is 0. The molecule has 0 atom stereocenters. The molecule has 0 spiro atoms. The first kappa shape index (κ1) is 8.75. The number of aromatic hydroxyl groups is 1. The summed E-state index contributed by atoms with van der Waals surface area (Å²) in [6.45, 7) is 1.79. The van der Waals surface area contributed by atoms with Gasteiger partial charge in [-0.15, -0.1) is 6.20 Å². The van der Waals surface area contributed by atoms with Gasteiger partial charge in [0.1, 0.15) is 0 Å². The van der Waals surface area contributed by atoms with Gasteiger partial charge in [0.2, 0.25) is 0 Å². The molecule has 2 heterocycles. The van der Waals surface area contributed by atoms with E-state index in [1.54, 1.807) is 6.92 Å². The van der Waals surface area contributed by atoms with E-state index in [4.69, 9.17) is 5.11 Å². The molecule has 0 aliphatic rings. The molecule has 0 aromatic carbocycles. The molecule has 0 amide bonds. The predicted molar refractivity (Wildman–Crippen MR) is 35.7 cm³/mol. The van der Waals surface area contributed by atoms with Crippen LogP contribution in [0.1, 0.15) is 5.56 Å². The first-order chi connectivity index (χ1) is 4.79. The van der Waals surface area contributed by atoms with Crippen molar-refractivity contribution in [1.82, 2.24) is 15.2 Å². The summed E-state index contributed by atoms with van der Waals surface area (Å²) in [5.41, 5.74) is 2.22. The van der Waals surface area contributed by atoms with Crippen LogP contribution in [0.3, 0.4) is 0 Å².